The molecule has 0 unspecified atom stereocenters. The average Bonchev–Trinajstić information content (AvgIpc) is 2.79. The van der Waals surface area contributed by atoms with Crippen molar-refractivity contribution in [1.29, 1.82) is 0 Å². The van der Waals surface area contributed by atoms with Gasteiger partial charge in [0.1, 0.15) is 6.29 Å². The third kappa shape index (κ3) is 5.82. The Kier molecular flexibility index (Phi) is 7.95. The van der Waals surface area contributed by atoms with Crippen LogP contribution in [0.3, 0.4) is 0 Å². The molecule has 0 N–H and O–H groups in total. The summed E-state index contributed by atoms with van der Waals surface area (Å²) in [6.45, 7) is 18.2. The zero-order valence-electron chi connectivity index (χ0n) is 21.6. The fourth-order valence-corrected chi connectivity index (χ4v) is 4.42. The third-order valence-corrected chi connectivity index (χ3v) is 6.74. The number of hydrogen-bond acceptors (Lipinski definition) is 1. The van der Waals surface area contributed by atoms with E-state index in [1.807, 2.05) is 12.1 Å². The lowest BCUT2D eigenvalue weighted by atomic mass is 9.79. The van der Waals surface area contributed by atoms with E-state index in [9.17, 15) is 4.79 Å². The van der Waals surface area contributed by atoms with E-state index >= 15 is 0 Å². The van der Waals surface area contributed by atoms with Crippen LogP contribution in [0.1, 0.15) is 134 Å². The van der Waals surface area contributed by atoms with Crippen LogP contribution in [-0.2, 0) is 0 Å². The third-order valence-electron chi connectivity index (χ3n) is 6.74. The molecule has 0 fully saturated rings. The zero-order valence-corrected chi connectivity index (χ0v) is 21.6. The van der Waals surface area contributed by atoms with Crippen LogP contribution in [0.2, 0.25) is 0 Å². The Morgan fingerprint density at radius 1 is 0.455 bits per heavy atom. The Labute approximate surface area is 201 Å². The van der Waals surface area contributed by atoms with Crippen molar-refractivity contribution >= 4 is 6.29 Å². The Hall–Kier alpha value is -2.67. The Morgan fingerprint density at radius 3 is 1.03 bits per heavy atom. The Morgan fingerprint density at radius 2 is 0.758 bits per heavy atom. The minimum Gasteiger partial charge on any atom is -0.298 e. The van der Waals surface area contributed by atoms with Gasteiger partial charge < -0.3 is 0 Å². The van der Waals surface area contributed by atoms with Gasteiger partial charge in [-0.05, 0) is 62.6 Å². The summed E-state index contributed by atoms with van der Waals surface area (Å²) in [7, 11) is 0. The highest BCUT2D eigenvalue weighted by Gasteiger charge is 2.21. The molecule has 0 spiro atoms. The summed E-state index contributed by atoms with van der Waals surface area (Å²) in [4.78, 5) is 11.3. The summed E-state index contributed by atoms with van der Waals surface area (Å²) in [5.74, 6) is 1.99. The summed E-state index contributed by atoms with van der Waals surface area (Å²) < 4.78 is 0. The summed E-state index contributed by atoms with van der Waals surface area (Å²) in [6, 6.07) is 22.5. The first-order chi connectivity index (χ1) is 15.6. The van der Waals surface area contributed by atoms with Crippen LogP contribution in [0.15, 0.2) is 60.7 Å². The van der Waals surface area contributed by atoms with Crippen LogP contribution < -0.4 is 0 Å². The standard InChI is InChI=1S/C32H40O/c1-20(2)26-13-27(21(3)4)16-30(15-26)32(25-11-9-24(19-33)10-12-25)31-17-28(22(5)6)14-29(18-31)23(7)8/h9-23,32H,1-8H3. The molecule has 1 heteroatoms. The summed E-state index contributed by atoms with van der Waals surface area (Å²) in [5, 5.41) is 0. The SMILES string of the molecule is CC(C)c1cc(C(C)C)cc(C(c2ccc(C=O)cc2)c2cc(C(C)C)cc(C(C)C)c2)c1. The number of carbonyl (C=O) groups excluding carboxylic acids is 1. The molecule has 1 nitrogen and oxygen atoms in total. The van der Waals surface area contributed by atoms with Gasteiger partial charge in [-0.1, -0.05) is 116 Å². The molecule has 0 radical (unpaired) electrons. The lowest BCUT2D eigenvalue weighted by molar-refractivity contribution is 0.112. The van der Waals surface area contributed by atoms with Gasteiger partial charge in [-0.25, -0.2) is 0 Å². The molecule has 0 saturated heterocycles. The molecule has 33 heavy (non-hydrogen) atoms. The number of carbonyl (C=O) groups is 1. The maximum Gasteiger partial charge on any atom is 0.150 e. The summed E-state index contributed by atoms with van der Waals surface area (Å²) >= 11 is 0. The van der Waals surface area contributed by atoms with Gasteiger partial charge in [0.15, 0.2) is 0 Å². The van der Waals surface area contributed by atoms with Crippen molar-refractivity contribution in [2.24, 2.45) is 0 Å². The van der Waals surface area contributed by atoms with Crippen molar-refractivity contribution in [2.75, 3.05) is 0 Å². The van der Waals surface area contributed by atoms with Gasteiger partial charge >= 0.3 is 0 Å². The largest absolute Gasteiger partial charge is 0.298 e. The van der Waals surface area contributed by atoms with Gasteiger partial charge in [-0.3, -0.25) is 4.79 Å². The summed E-state index contributed by atoms with van der Waals surface area (Å²) in [6.07, 6.45) is 0.922. The minimum absolute atomic E-state index is 0.123. The quantitative estimate of drug-likeness (QED) is 0.252. The van der Waals surface area contributed by atoms with Crippen LogP contribution in [0.5, 0.6) is 0 Å². The highest BCUT2D eigenvalue weighted by molar-refractivity contribution is 5.74. The first kappa shape index (κ1) is 25.0. The van der Waals surface area contributed by atoms with Crippen molar-refractivity contribution in [3.8, 4) is 0 Å². The van der Waals surface area contributed by atoms with Crippen LogP contribution in [-0.4, -0.2) is 6.29 Å². The molecular weight excluding hydrogens is 400 g/mol. The summed E-state index contributed by atoms with van der Waals surface area (Å²) in [5.41, 5.74) is 10.1. The maximum absolute atomic E-state index is 11.3. The van der Waals surface area contributed by atoms with Crippen LogP contribution in [0.4, 0.5) is 0 Å². The van der Waals surface area contributed by atoms with Gasteiger partial charge in [0, 0.05) is 11.5 Å². The van der Waals surface area contributed by atoms with Crippen LogP contribution in [0.25, 0.3) is 0 Å². The van der Waals surface area contributed by atoms with Crippen molar-refractivity contribution in [2.45, 2.75) is 85.0 Å². The number of benzene rings is 3. The van der Waals surface area contributed by atoms with Crippen molar-refractivity contribution in [3.05, 3.63) is 105 Å². The molecule has 3 aromatic rings. The molecule has 0 aliphatic rings. The van der Waals surface area contributed by atoms with Gasteiger partial charge in [0.25, 0.3) is 0 Å². The van der Waals surface area contributed by atoms with Crippen molar-refractivity contribution in [1.82, 2.24) is 0 Å². The second-order valence-corrected chi connectivity index (χ2v) is 10.7. The highest BCUT2D eigenvalue weighted by Crippen LogP contribution is 2.38. The van der Waals surface area contributed by atoms with Gasteiger partial charge in [0.05, 0.1) is 0 Å². The van der Waals surface area contributed by atoms with E-state index in [1.54, 1.807) is 0 Å². The molecule has 0 saturated carbocycles. The predicted molar refractivity (Wildman–Crippen MR) is 142 cm³/mol. The molecule has 0 aromatic heterocycles. The average molecular weight is 441 g/mol. The van der Waals surface area contributed by atoms with Crippen molar-refractivity contribution < 1.29 is 4.79 Å². The molecule has 0 heterocycles. The lowest BCUT2D eigenvalue weighted by Crippen LogP contribution is -2.08. The van der Waals surface area contributed by atoms with Crippen LogP contribution >= 0.6 is 0 Å². The van der Waals surface area contributed by atoms with E-state index in [1.165, 1.54) is 38.9 Å². The molecule has 174 valence electrons. The molecule has 3 aromatic carbocycles. The van der Waals surface area contributed by atoms with Gasteiger partial charge in [0.2, 0.25) is 0 Å². The molecule has 0 amide bonds. The van der Waals surface area contributed by atoms with Gasteiger partial charge in [-0.15, -0.1) is 0 Å². The number of aldehydes is 1. The minimum atomic E-state index is 0.123. The predicted octanol–water partition coefficient (Wildman–Crippen LogP) is 9.17. The Bertz CT molecular complexity index is 968. The lowest BCUT2D eigenvalue weighted by Gasteiger charge is -2.25. The molecule has 3 rings (SSSR count). The normalized spacial score (nSPS) is 11.9. The van der Waals surface area contributed by atoms with Gasteiger partial charge in [-0.2, -0.15) is 0 Å². The number of rotatable bonds is 8. The maximum atomic E-state index is 11.3. The topological polar surface area (TPSA) is 17.1 Å². The fraction of sp³-hybridized carbons (Fsp3) is 0.406. The molecule has 0 bridgehead atoms. The van der Waals surface area contributed by atoms with E-state index < -0.39 is 0 Å². The van der Waals surface area contributed by atoms with E-state index in [-0.39, 0.29) is 5.92 Å². The second kappa shape index (κ2) is 10.5. The highest BCUT2D eigenvalue weighted by atomic mass is 16.1. The van der Waals surface area contributed by atoms with E-state index in [4.69, 9.17) is 0 Å². The van der Waals surface area contributed by atoms with E-state index in [2.05, 4.69) is 104 Å². The van der Waals surface area contributed by atoms with E-state index in [0.29, 0.717) is 23.7 Å². The first-order valence-corrected chi connectivity index (χ1v) is 12.4. The molecular formula is C32H40O. The molecule has 0 aliphatic heterocycles. The fourth-order valence-electron chi connectivity index (χ4n) is 4.42. The first-order valence-electron chi connectivity index (χ1n) is 12.4. The second-order valence-electron chi connectivity index (χ2n) is 10.7. The zero-order chi connectivity index (χ0) is 24.3. The Balaban J connectivity index is 2.32. The van der Waals surface area contributed by atoms with E-state index in [0.717, 1.165) is 11.8 Å². The van der Waals surface area contributed by atoms with Crippen LogP contribution in [0, 0.1) is 0 Å². The molecule has 0 atom stereocenters. The monoisotopic (exact) mass is 440 g/mol. The number of hydrogen-bond donors (Lipinski definition) is 0. The molecule has 0 aliphatic carbocycles. The van der Waals surface area contributed by atoms with Crippen molar-refractivity contribution in [3.63, 3.8) is 0 Å². The smallest absolute Gasteiger partial charge is 0.150 e.